The monoisotopic (exact) mass is 341 g/mol. The van der Waals surface area contributed by atoms with Crippen molar-refractivity contribution in [2.75, 3.05) is 18.0 Å². The van der Waals surface area contributed by atoms with Crippen molar-refractivity contribution in [1.29, 1.82) is 0 Å². The van der Waals surface area contributed by atoms with Crippen LogP contribution >= 0.6 is 11.3 Å². The van der Waals surface area contributed by atoms with E-state index in [9.17, 15) is 4.79 Å². The molecule has 1 amide bonds. The van der Waals surface area contributed by atoms with E-state index in [1.807, 2.05) is 0 Å². The van der Waals surface area contributed by atoms with Crippen molar-refractivity contribution >= 4 is 22.4 Å². The molecule has 0 spiro atoms. The first kappa shape index (κ1) is 15.6. The fourth-order valence-corrected chi connectivity index (χ4v) is 4.65. The molecule has 2 aliphatic rings. The number of carbonyl (C=O) groups is 1. The highest BCUT2D eigenvalue weighted by molar-refractivity contribution is 7.13. The Labute approximate surface area is 146 Å². The molecule has 1 fully saturated rings. The van der Waals surface area contributed by atoms with E-state index < -0.39 is 0 Å². The SMILES string of the molecule is O=C(CC1CCc2ccccc21)NCc1csc(N2CCCC2)n1. The standard InChI is InChI=1S/C19H23N3OS/c23-18(11-15-8-7-14-5-1-2-6-17(14)15)20-12-16-13-24-19(21-16)22-9-3-4-10-22/h1-2,5-6,13,15H,3-4,7-12H2,(H,20,23). The fourth-order valence-electron chi connectivity index (χ4n) is 3.77. The van der Waals surface area contributed by atoms with Crippen molar-refractivity contribution in [2.45, 2.75) is 44.6 Å². The summed E-state index contributed by atoms with van der Waals surface area (Å²) in [5.41, 5.74) is 3.74. The van der Waals surface area contributed by atoms with Crippen LogP contribution in [0.1, 0.15) is 48.4 Å². The van der Waals surface area contributed by atoms with Crippen LogP contribution in [0.5, 0.6) is 0 Å². The van der Waals surface area contributed by atoms with Gasteiger partial charge < -0.3 is 10.2 Å². The zero-order valence-electron chi connectivity index (χ0n) is 13.8. The Morgan fingerprint density at radius 3 is 3.00 bits per heavy atom. The smallest absolute Gasteiger partial charge is 0.220 e. The number of benzene rings is 1. The summed E-state index contributed by atoms with van der Waals surface area (Å²) in [6, 6.07) is 8.51. The molecule has 1 atom stereocenters. The molecular weight excluding hydrogens is 318 g/mol. The lowest BCUT2D eigenvalue weighted by molar-refractivity contribution is -0.121. The van der Waals surface area contributed by atoms with Crippen molar-refractivity contribution in [1.82, 2.24) is 10.3 Å². The van der Waals surface area contributed by atoms with Crippen molar-refractivity contribution in [3.63, 3.8) is 0 Å². The van der Waals surface area contributed by atoms with Crippen LogP contribution in [0.3, 0.4) is 0 Å². The third kappa shape index (κ3) is 3.31. The molecule has 0 saturated carbocycles. The molecule has 1 aromatic heterocycles. The van der Waals surface area contributed by atoms with Gasteiger partial charge in [-0.15, -0.1) is 11.3 Å². The van der Waals surface area contributed by atoms with Gasteiger partial charge in [-0.3, -0.25) is 4.79 Å². The first-order valence-corrected chi connectivity index (χ1v) is 9.71. The van der Waals surface area contributed by atoms with Gasteiger partial charge in [-0.05, 0) is 42.7 Å². The molecule has 1 aliphatic heterocycles. The normalized spacial score (nSPS) is 19.5. The summed E-state index contributed by atoms with van der Waals surface area (Å²) in [6.45, 7) is 2.76. The van der Waals surface area contributed by atoms with Crippen LogP contribution in [0.25, 0.3) is 0 Å². The van der Waals surface area contributed by atoms with Crippen molar-refractivity contribution < 1.29 is 4.79 Å². The van der Waals surface area contributed by atoms with Crippen molar-refractivity contribution in [3.05, 3.63) is 46.5 Å². The number of hydrogen-bond acceptors (Lipinski definition) is 4. The van der Waals surface area contributed by atoms with Gasteiger partial charge in [0.25, 0.3) is 0 Å². The fraction of sp³-hybridized carbons (Fsp3) is 0.474. The number of fused-ring (bicyclic) bond motifs is 1. The summed E-state index contributed by atoms with van der Waals surface area (Å²) < 4.78 is 0. The van der Waals surface area contributed by atoms with E-state index in [-0.39, 0.29) is 5.91 Å². The number of aryl methyl sites for hydroxylation is 1. The molecule has 2 heterocycles. The van der Waals surface area contributed by atoms with Gasteiger partial charge in [0.2, 0.25) is 5.91 Å². The van der Waals surface area contributed by atoms with E-state index in [0.717, 1.165) is 36.8 Å². The Morgan fingerprint density at radius 1 is 1.29 bits per heavy atom. The lowest BCUT2D eigenvalue weighted by atomic mass is 9.97. The molecule has 24 heavy (non-hydrogen) atoms. The van der Waals surface area contributed by atoms with Crippen molar-refractivity contribution in [2.24, 2.45) is 0 Å². The summed E-state index contributed by atoms with van der Waals surface area (Å²) in [5, 5.41) is 6.21. The quantitative estimate of drug-likeness (QED) is 0.905. The molecule has 0 radical (unpaired) electrons. The van der Waals surface area contributed by atoms with Gasteiger partial charge in [0.15, 0.2) is 5.13 Å². The molecule has 1 N–H and O–H groups in total. The summed E-state index contributed by atoms with van der Waals surface area (Å²) >= 11 is 1.69. The molecule has 5 heteroatoms. The van der Waals surface area contributed by atoms with Gasteiger partial charge in [0.05, 0.1) is 12.2 Å². The minimum atomic E-state index is 0.132. The maximum absolute atomic E-state index is 12.3. The number of rotatable bonds is 5. The molecular formula is C19H23N3OS. The minimum absolute atomic E-state index is 0.132. The van der Waals surface area contributed by atoms with Crippen molar-refractivity contribution in [3.8, 4) is 0 Å². The predicted octanol–water partition coefficient (Wildman–Crippen LogP) is 3.48. The number of anilines is 1. The van der Waals surface area contributed by atoms with Gasteiger partial charge in [-0.2, -0.15) is 0 Å². The zero-order valence-corrected chi connectivity index (χ0v) is 14.6. The molecule has 1 aromatic carbocycles. The van der Waals surface area contributed by atoms with Crippen LogP contribution in [0.2, 0.25) is 0 Å². The zero-order chi connectivity index (χ0) is 16.4. The Morgan fingerprint density at radius 2 is 2.12 bits per heavy atom. The van der Waals surface area contributed by atoms with Crippen LogP contribution < -0.4 is 10.2 Å². The van der Waals surface area contributed by atoms with Crippen LogP contribution in [-0.2, 0) is 17.8 Å². The number of amides is 1. The number of aromatic nitrogens is 1. The Hall–Kier alpha value is -1.88. The minimum Gasteiger partial charge on any atom is -0.350 e. The first-order chi connectivity index (χ1) is 11.8. The lowest BCUT2D eigenvalue weighted by Crippen LogP contribution is -2.24. The van der Waals surface area contributed by atoms with Gasteiger partial charge in [0.1, 0.15) is 0 Å². The largest absolute Gasteiger partial charge is 0.350 e. The molecule has 126 valence electrons. The number of hydrogen-bond donors (Lipinski definition) is 1. The molecule has 1 aliphatic carbocycles. The second-order valence-corrected chi connectivity index (χ2v) is 7.57. The molecule has 1 unspecified atom stereocenters. The second-order valence-electron chi connectivity index (χ2n) is 6.73. The number of nitrogens with zero attached hydrogens (tertiary/aromatic N) is 2. The number of carbonyl (C=O) groups excluding carboxylic acids is 1. The Bertz CT molecular complexity index is 721. The van der Waals surface area contributed by atoms with Gasteiger partial charge in [-0.1, -0.05) is 24.3 Å². The van der Waals surface area contributed by atoms with Crippen LogP contribution in [0, 0.1) is 0 Å². The topological polar surface area (TPSA) is 45.2 Å². The first-order valence-electron chi connectivity index (χ1n) is 8.83. The number of nitrogens with one attached hydrogen (secondary N) is 1. The summed E-state index contributed by atoms with van der Waals surface area (Å²) in [4.78, 5) is 19.3. The Balaban J connectivity index is 1.29. The van der Waals surface area contributed by atoms with E-state index in [4.69, 9.17) is 0 Å². The van der Waals surface area contributed by atoms with Gasteiger partial charge in [-0.25, -0.2) is 4.98 Å². The molecule has 2 aromatic rings. The van der Waals surface area contributed by atoms with Crippen LogP contribution in [0.4, 0.5) is 5.13 Å². The highest BCUT2D eigenvalue weighted by Gasteiger charge is 2.24. The molecule has 1 saturated heterocycles. The predicted molar refractivity (Wildman–Crippen MR) is 97.5 cm³/mol. The molecule has 4 rings (SSSR count). The number of thiazole rings is 1. The highest BCUT2D eigenvalue weighted by Crippen LogP contribution is 2.35. The van der Waals surface area contributed by atoms with Crippen LogP contribution in [0.15, 0.2) is 29.6 Å². The summed E-state index contributed by atoms with van der Waals surface area (Å²) in [5.74, 6) is 0.504. The maximum Gasteiger partial charge on any atom is 0.220 e. The summed E-state index contributed by atoms with van der Waals surface area (Å²) in [7, 11) is 0. The van der Waals surface area contributed by atoms with E-state index >= 15 is 0 Å². The molecule has 4 nitrogen and oxygen atoms in total. The summed E-state index contributed by atoms with van der Waals surface area (Å²) in [6.07, 6.45) is 5.28. The lowest BCUT2D eigenvalue weighted by Gasteiger charge is -2.12. The maximum atomic E-state index is 12.3. The third-order valence-electron chi connectivity index (χ3n) is 5.07. The third-order valence-corrected chi connectivity index (χ3v) is 6.02. The van der Waals surface area contributed by atoms with Gasteiger partial charge in [0, 0.05) is 24.9 Å². The van der Waals surface area contributed by atoms with E-state index in [1.54, 1.807) is 11.3 Å². The average Bonchev–Trinajstić information content (AvgIpc) is 3.34. The highest BCUT2D eigenvalue weighted by atomic mass is 32.1. The molecule has 0 bridgehead atoms. The second kappa shape index (κ2) is 6.93. The van der Waals surface area contributed by atoms with Crippen LogP contribution in [-0.4, -0.2) is 24.0 Å². The van der Waals surface area contributed by atoms with E-state index in [0.29, 0.717) is 18.9 Å². The Kier molecular flexibility index (Phi) is 4.52. The van der Waals surface area contributed by atoms with E-state index in [1.165, 1.54) is 24.0 Å². The van der Waals surface area contributed by atoms with E-state index in [2.05, 4.69) is 44.8 Å². The average molecular weight is 341 g/mol. The van der Waals surface area contributed by atoms with Gasteiger partial charge >= 0.3 is 0 Å².